The van der Waals surface area contributed by atoms with Gasteiger partial charge in [-0.1, -0.05) is 30.8 Å². The van der Waals surface area contributed by atoms with E-state index in [1.807, 2.05) is 0 Å². The van der Waals surface area contributed by atoms with Crippen molar-refractivity contribution < 1.29 is 15.0 Å². The monoisotopic (exact) mass is 266 g/mol. The molecule has 0 aliphatic rings. The van der Waals surface area contributed by atoms with E-state index in [1.54, 1.807) is 48.5 Å². The van der Waals surface area contributed by atoms with E-state index in [0.29, 0.717) is 16.7 Å². The van der Waals surface area contributed by atoms with Gasteiger partial charge in [0.25, 0.3) is 0 Å². The van der Waals surface area contributed by atoms with Crippen molar-refractivity contribution in [1.29, 1.82) is 0 Å². The van der Waals surface area contributed by atoms with Crippen LogP contribution in [0.5, 0.6) is 11.5 Å². The van der Waals surface area contributed by atoms with Gasteiger partial charge in [-0.25, -0.2) is 0 Å². The Balaban J connectivity index is 2.59. The van der Waals surface area contributed by atoms with Crippen molar-refractivity contribution in [2.75, 3.05) is 0 Å². The fourth-order valence-electron chi connectivity index (χ4n) is 1.88. The van der Waals surface area contributed by atoms with Crippen molar-refractivity contribution in [3.63, 3.8) is 0 Å². The van der Waals surface area contributed by atoms with Crippen molar-refractivity contribution in [1.82, 2.24) is 0 Å². The summed E-state index contributed by atoms with van der Waals surface area (Å²) in [6, 6.07) is 13.2. The van der Waals surface area contributed by atoms with Crippen molar-refractivity contribution in [3.8, 4) is 11.5 Å². The second kappa shape index (κ2) is 5.89. The predicted octanol–water partition coefficient (Wildman–Crippen LogP) is 3.28. The summed E-state index contributed by atoms with van der Waals surface area (Å²) in [6.45, 7) is 3.44. The molecular formula is C17H14O3. The maximum atomic E-state index is 11.6. The molecule has 0 amide bonds. The summed E-state index contributed by atoms with van der Waals surface area (Å²) in [5.41, 5.74) is 1.98. The second-order valence-corrected chi connectivity index (χ2v) is 4.27. The van der Waals surface area contributed by atoms with Crippen LogP contribution in [-0.2, 0) is 4.79 Å². The van der Waals surface area contributed by atoms with Crippen molar-refractivity contribution in [2.24, 2.45) is 0 Å². The van der Waals surface area contributed by atoms with E-state index in [1.165, 1.54) is 12.2 Å². The van der Waals surface area contributed by atoms with Gasteiger partial charge in [0, 0.05) is 0 Å². The maximum absolute atomic E-state index is 11.6. The third-order valence-corrected chi connectivity index (χ3v) is 2.80. The Bertz CT molecular complexity index is 637. The summed E-state index contributed by atoms with van der Waals surface area (Å²) in [4.78, 5) is 11.6. The van der Waals surface area contributed by atoms with Gasteiger partial charge in [0.2, 0.25) is 0 Å². The SMILES string of the molecule is C=CC(=O)C=C(c1cccc(O)c1)c1cccc(O)c1. The maximum Gasteiger partial charge on any atom is 0.178 e. The molecule has 0 unspecified atom stereocenters. The highest BCUT2D eigenvalue weighted by Crippen LogP contribution is 2.28. The third-order valence-electron chi connectivity index (χ3n) is 2.80. The molecule has 2 N–H and O–H groups in total. The Labute approximate surface area is 117 Å². The van der Waals surface area contributed by atoms with E-state index in [0.717, 1.165) is 0 Å². The molecule has 0 bridgehead atoms. The average Bonchev–Trinajstić information content (AvgIpc) is 2.44. The highest BCUT2D eigenvalue weighted by Gasteiger charge is 2.08. The van der Waals surface area contributed by atoms with Crippen LogP contribution in [0.15, 0.2) is 67.3 Å². The van der Waals surface area contributed by atoms with E-state index in [4.69, 9.17) is 0 Å². The number of phenols is 2. The average molecular weight is 266 g/mol. The standard InChI is InChI=1S/C17H14O3/c1-2-14(18)11-17(12-5-3-7-15(19)9-12)13-6-4-8-16(20)10-13/h2-11,19-20H,1H2. The first-order valence-electron chi connectivity index (χ1n) is 6.07. The Kier molecular flexibility index (Phi) is 4.01. The van der Waals surface area contributed by atoms with Gasteiger partial charge in [0.05, 0.1) is 0 Å². The van der Waals surface area contributed by atoms with Gasteiger partial charge in [-0.05, 0) is 53.1 Å². The van der Waals surface area contributed by atoms with Crippen molar-refractivity contribution in [2.45, 2.75) is 0 Å². The topological polar surface area (TPSA) is 57.5 Å². The number of rotatable bonds is 4. The minimum absolute atomic E-state index is 0.111. The molecule has 2 aromatic carbocycles. The van der Waals surface area contributed by atoms with Crippen LogP contribution in [0.3, 0.4) is 0 Å². The number of phenolic OH excluding ortho intramolecular Hbond substituents is 2. The van der Waals surface area contributed by atoms with Gasteiger partial charge in [-0.3, -0.25) is 4.79 Å². The smallest absolute Gasteiger partial charge is 0.178 e. The first-order chi connectivity index (χ1) is 9.60. The quantitative estimate of drug-likeness (QED) is 0.835. The summed E-state index contributed by atoms with van der Waals surface area (Å²) in [5, 5.41) is 19.1. The van der Waals surface area contributed by atoms with Crippen LogP contribution in [0.4, 0.5) is 0 Å². The van der Waals surface area contributed by atoms with Crippen LogP contribution < -0.4 is 0 Å². The summed E-state index contributed by atoms with van der Waals surface area (Å²) in [6.07, 6.45) is 2.64. The lowest BCUT2D eigenvalue weighted by atomic mass is 9.96. The molecule has 0 atom stereocenters. The molecule has 0 spiro atoms. The largest absolute Gasteiger partial charge is 0.508 e. The van der Waals surface area contributed by atoms with E-state index < -0.39 is 0 Å². The molecule has 20 heavy (non-hydrogen) atoms. The highest BCUT2D eigenvalue weighted by atomic mass is 16.3. The van der Waals surface area contributed by atoms with E-state index >= 15 is 0 Å². The highest BCUT2D eigenvalue weighted by molar-refractivity contribution is 6.06. The second-order valence-electron chi connectivity index (χ2n) is 4.27. The number of aromatic hydroxyl groups is 2. The van der Waals surface area contributed by atoms with Crippen LogP contribution >= 0.6 is 0 Å². The first-order valence-corrected chi connectivity index (χ1v) is 6.07. The minimum Gasteiger partial charge on any atom is -0.508 e. The van der Waals surface area contributed by atoms with Crippen LogP contribution in [0, 0.1) is 0 Å². The van der Waals surface area contributed by atoms with Crippen LogP contribution in [-0.4, -0.2) is 16.0 Å². The molecule has 100 valence electrons. The zero-order valence-electron chi connectivity index (χ0n) is 10.8. The number of carbonyl (C=O) groups is 1. The van der Waals surface area contributed by atoms with Gasteiger partial charge in [-0.2, -0.15) is 0 Å². The molecular weight excluding hydrogens is 252 g/mol. The van der Waals surface area contributed by atoms with Gasteiger partial charge in [-0.15, -0.1) is 0 Å². The van der Waals surface area contributed by atoms with Gasteiger partial charge in [0.1, 0.15) is 11.5 Å². The van der Waals surface area contributed by atoms with Crippen molar-refractivity contribution in [3.05, 3.63) is 78.4 Å². The number of ketones is 1. The van der Waals surface area contributed by atoms with Crippen molar-refractivity contribution >= 4 is 11.4 Å². The molecule has 0 saturated carbocycles. The molecule has 2 rings (SSSR count). The molecule has 3 nitrogen and oxygen atoms in total. The summed E-state index contributed by atoms with van der Waals surface area (Å²) < 4.78 is 0. The Hall–Kier alpha value is -2.81. The molecule has 0 heterocycles. The van der Waals surface area contributed by atoms with Crippen LogP contribution in [0.25, 0.3) is 5.57 Å². The number of hydrogen-bond acceptors (Lipinski definition) is 3. The lowest BCUT2D eigenvalue weighted by Crippen LogP contribution is -1.93. The Morgan fingerprint density at radius 1 is 0.950 bits per heavy atom. The predicted molar refractivity (Wildman–Crippen MR) is 78.5 cm³/mol. The lowest BCUT2D eigenvalue weighted by molar-refractivity contribution is -0.110. The number of benzene rings is 2. The van der Waals surface area contributed by atoms with Gasteiger partial charge < -0.3 is 10.2 Å². The molecule has 0 aliphatic heterocycles. The zero-order valence-corrected chi connectivity index (χ0v) is 10.8. The van der Waals surface area contributed by atoms with E-state index in [-0.39, 0.29) is 17.3 Å². The number of allylic oxidation sites excluding steroid dienone is 2. The Morgan fingerprint density at radius 2 is 1.45 bits per heavy atom. The third kappa shape index (κ3) is 3.14. The molecule has 0 saturated heterocycles. The van der Waals surface area contributed by atoms with Gasteiger partial charge in [0.15, 0.2) is 5.78 Å². The molecule has 0 fully saturated rings. The van der Waals surface area contributed by atoms with Crippen LogP contribution in [0.1, 0.15) is 11.1 Å². The zero-order chi connectivity index (χ0) is 14.5. The molecule has 0 radical (unpaired) electrons. The summed E-state index contributed by atoms with van der Waals surface area (Å²) in [5.74, 6) is -0.0223. The number of carbonyl (C=O) groups excluding carboxylic acids is 1. The van der Waals surface area contributed by atoms with Gasteiger partial charge >= 0.3 is 0 Å². The molecule has 0 aromatic heterocycles. The van der Waals surface area contributed by atoms with E-state index in [9.17, 15) is 15.0 Å². The molecule has 3 heteroatoms. The summed E-state index contributed by atoms with van der Waals surface area (Å²) >= 11 is 0. The van der Waals surface area contributed by atoms with E-state index in [2.05, 4.69) is 6.58 Å². The Morgan fingerprint density at radius 3 is 1.85 bits per heavy atom. The lowest BCUT2D eigenvalue weighted by Gasteiger charge is -2.09. The normalized spacial score (nSPS) is 9.80. The molecule has 0 aliphatic carbocycles. The first kappa shape index (κ1) is 13.6. The summed E-state index contributed by atoms with van der Waals surface area (Å²) in [7, 11) is 0. The fraction of sp³-hybridized carbons (Fsp3) is 0. The fourth-order valence-corrected chi connectivity index (χ4v) is 1.88. The minimum atomic E-state index is -0.244. The van der Waals surface area contributed by atoms with Crippen LogP contribution in [0.2, 0.25) is 0 Å². The number of hydrogen-bond donors (Lipinski definition) is 2. The molecule has 2 aromatic rings.